The van der Waals surface area contributed by atoms with E-state index in [-0.39, 0.29) is 12.1 Å². The molecule has 0 aliphatic carbocycles. The average molecular weight is 511 g/mol. The van der Waals surface area contributed by atoms with Gasteiger partial charge in [0.1, 0.15) is 0 Å². The van der Waals surface area contributed by atoms with Gasteiger partial charge in [-0.2, -0.15) is 74.6 Å². The number of nitrogens with two attached hydrogens (primary N) is 1. The van der Waals surface area contributed by atoms with Crippen molar-refractivity contribution in [1.82, 2.24) is 0 Å². The molecule has 32 heavy (non-hydrogen) atoms. The van der Waals surface area contributed by atoms with Crippen LogP contribution in [0.3, 0.4) is 0 Å². The predicted octanol–water partition coefficient (Wildman–Crippen LogP) is 6.73. The van der Waals surface area contributed by atoms with Crippen LogP contribution in [0.4, 0.5) is 80.3 Å². The fourth-order valence-electron chi connectivity index (χ4n) is 2.08. The summed E-state index contributed by atoms with van der Waals surface area (Å²) in [5.41, 5.74) is 1.65. The summed E-state index contributed by atoms with van der Waals surface area (Å²) in [6.07, 6.45) is -7.78. The third kappa shape index (κ3) is 3.39. The fraction of sp³-hybridized carbons (Fsp3) is 0.571. The second-order valence-electron chi connectivity index (χ2n) is 6.14. The van der Waals surface area contributed by atoms with Crippen molar-refractivity contribution in [2.45, 2.75) is 47.6 Å². The number of anilines is 1. The van der Waals surface area contributed by atoms with Crippen molar-refractivity contribution in [3.63, 3.8) is 0 Å². The molecule has 1 aromatic rings. The van der Waals surface area contributed by atoms with E-state index in [1.54, 1.807) is 0 Å². The minimum absolute atomic E-state index is 0.164. The van der Waals surface area contributed by atoms with Gasteiger partial charge in [0, 0.05) is 11.3 Å². The van der Waals surface area contributed by atoms with Gasteiger partial charge in [-0.1, -0.05) is 12.1 Å². The average Bonchev–Trinajstić information content (AvgIpc) is 2.59. The number of benzene rings is 1. The maximum absolute atomic E-state index is 13.9. The van der Waals surface area contributed by atoms with Crippen LogP contribution in [0.1, 0.15) is 5.56 Å². The molecule has 1 nitrogen and oxygen atoms in total. The molecule has 0 atom stereocenters. The number of halogens is 17. The molecule has 2 N–H and O–H groups in total. The van der Waals surface area contributed by atoms with Crippen molar-refractivity contribution in [3.05, 3.63) is 29.8 Å². The Morgan fingerprint density at radius 2 is 0.812 bits per heavy atom. The summed E-state index contributed by atoms with van der Waals surface area (Å²) >= 11 is 0. The van der Waals surface area contributed by atoms with Crippen LogP contribution in [0.15, 0.2) is 24.3 Å². The van der Waals surface area contributed by atoms with E-state index in [2.05, 4.69) is 0 Å². The monoisotopic (exact) mass is 511 g/mol. The van der Waals surface area contributed by atoms with Crippen molar-refractivity contribution in [2.75, 3.05) is 5.73 Å². The van der Waals surface area contributed by atoms with E-state index in [4.69, 9.17) is 5.73 Å². The highest BCUT2D eigenvalue weighted by Gasteiger charge is 2.95. The lowest BCUT2D eigenvalue weighted by Crippen LogP contribution is -2.74. The molecule has 0 amide bonds. The first-order chi connectivity index (χ1) is 13.7. The maximum Gasteiger partial charge on any atom is 0.460 e. The van der Waals surface area contributed by atoms with E-state index in [0.717, 1.165) is 0 Å². The third-order valence-corrected chi connectivity index (χ3v) is 3.97. The maximum atomic E-state index is 13.9. The molecule has 1 aromatic carbocycles. The van der Waals surface area contributed by atoms with E-state index >= 15 is 0 Å². The SMILES string of the molecule is Nc1cccc(C(F)(F)C(F)(F)C(F)(F)C(F)(F)C(F)(F)C(F)(F)C(F)(F)C(F)(F)F)c1. The van der Waals surface area contributed by atoms with Gasteiger partial charge < -0.3 is 5.73 Å². The first-order valence-corrected chi connectivity index (χ1v) is 7.32. The summed E-state index contributed by atoms with van der Waals surface area (Å²) < 4.78 is 223. The Morgan fingerprint density at radius 1 is 0.469 bits per heavy atom. The van der Waals surface area contributed by atoms with Gasteiger partial charge in [0.15, 0.2) is 0 Å². The zero-order chi connectivity index (χ0) is 26.0. The van der Waals surface area contributed by atoms with Crippen LogP contribution in [-0.4, -0.2) is 41.7 Å². The number of rotatable bonds is 7. The van der Waals surface area contributed by atoms with Crippen LogP contribution < -0.4 is 5.73 Å². The molecule has 0 unspecified atom stereocenters. The van der Waals surface area contributed by atoms with Crippen molar-refractivity contribution in [2.24, 2.45) is 0 Å². The lowest BCUT2D eigenvalue weighted by molar-refractivity contribution is -0.462. The van der Waals surface area contributed by atoms with Crippen LogP contribution in [0, 0.1) is 0 Å². The summed E-state index contributed by atoms with van der Waals surface area (Å²) in [5, 5.41) is 0. The number of hydrogen-bond donors (Lipinski definition) is 1. The number of nitrogen functional groups attached to an aromatic ring is 1. The highest BCUT2D eigenvalue weighted by atomic mass is 19.4. The molecule has 0 saturated carbocycles. The molecule has 0 aliphatic rings. The standard InChI is InChI=1S/C14H6F17N/c15-7(16,5-2-1-3-6(32)4-5)8(17,18)9(19,20)10(21,22)11(23,24)12(25,26)13(27,28)14(29,30)31/h1-4H,32H2. The Bertz CT molecular complexity index is 838. The van der Waals surface area contributed by atoms with Crippen LogP contribution in [0.5, 0.6) is 0 Å². The molecule has 0 aliphatic heterocycles. The molecule has 0 heterocycles. The topological polar surface area (TPSA) is 26.0 Å². The summed E-state index contributed by atoms with van der Waals surface area (Å²) in [6.45, 7) is 0. The minimum Gasteiger partial charge on any atom is -0.399 e. The van der Waals surface area contributed by atoms with E-state index in [1.165, 1.54) is 0 Å². The highest BCUT2D eigenvalue weighted by molar-refractivity contribution is 5.43. The molecule has 0 bridgehead atoms. The van der Waals surface area contributed by atoms with Gasteiger partial charge in [0.25, 0.3) is 0 Å². The molecule has 0 spiro atoms. The van der Waals surface area contributed by atoms with Crippen molar-refractivity contribution >= 4 is 5.69 Å². The summed E-state index contributed by atoms with van der Waals surface area (Å²) in [7, 11) is 0. The van der Waals surface area contributed by atoms with E-state index in [9.17, 15) is 74.6 Å². The predicted molar refractivity (Wildman–Crippen MR) is 70.5 cm³/mol. The Morgan fingerprint density at radius 3 is 1.16 bits per heavy atom. The van der Waals surface area contributed by atoms with Gasteiger partial charge in [-0.25, -0.2) is 0 Å². The zero-order valence-electron chi connectivity index (χ0n) is 14.3. The third-order valence-electron chi connectivity index (χ3n) is 3.97. The van der Waals surface area contributed by atoms with Gasteiger partial charge in [-0.3, -0.25) is 0 Å². The normalized spacial score (nSPS) is 15.8. The largest absolute Gasteiger partial charge is 0.460 e. The Labute approximate surface area is 165 Å². The molecule has 186 valence electrons. The van der Waals surface area contributed by atoms with Gasteiger partial charge in [0.2, 0.25) is 0 Å². The molecule has 0 radical (unpaired) electrons. The quantitative estimate of drug-likeness (QED) is 0.319. The minimum atomic E-state index is -8.64. The molecular formula is C14H6F17N. The Kier molecular flexibility index (Phi) is 6.24. The van der Waals surface area contributed by atoms with E-state index < -0.39 is 58.9 Å². The first kappa shape index (κ1) is 27.9. The highest BCUT2D eigenvalue weighted by Crippen LogP contribution is 2.65. The lowest BCUT2D eigenvalue weighted by Gasteiger charge is -2.42. The van der Waals surface area contributed by atoms with Crippen LogP contribution in [-0.2, 0) is 5.92 Å². The summed E-state index contributed by atoms with van der Waals surface area (Å²) in [5.74, 6) is -56.6. The molecular weight excluding hydrogens is 505 g/mol. The van der Waals surface area contributed by atoms with E-state index in [0.29, 0.717) is 12.1 Å². The van der Waals surface area contributed by atoms with Crippen LogP contribution >= 0.6 is 0 Å². The molecule has 1 rings (SSSR count). The van der Waals surface area contributed by atoms with Gasteiger partial charge in [0.05, 0.1) is 0 Å². The van der Waals surface area contributed by atoms with Gasteiger partial charge in [-0.15, -0.1) is 0 Å². The van der Waals surface area contributed by atoms with Crippen LogP contribution in [0.2, 0.25) is 0 Å². The van der Waals surface area contributed by atoms with E-state index in [1.807, 2.05) is 0 Å². The van der Waals surface area contributed by atoms with Crippen molar-refractivity contribution in [1.29, 1.82) is 0 Å². The zero-order valence-corrected chi connectivity index (χ0v) is 14.3. The smallest absolute Gasteiger partial charge is 0.399 e. The molecule has 18 heteroatoms. The Balaban J connectivity index is 3.72. The van der Waals surface area contributed by atoms with Gasteiger partial charge in [-0.05, 0) is 12.1 Å². The van der Waals surface area contributed by atoms with Gasteiger partial charge >= 0.3 is 47.6 Å². The van der Waals surface area contributed by atoms with Crippen molar-refractivity contribution < 1.29 is 74.6 Å². The lowest BCUT2D eigenvalue weighted by atomic mass is 9.87. The van der Waals surface area contributed by atoms with Crippen LogP contribution in [0.25, 0.3) is 0 Å². The Hall–Kier alpha value is -2.17. The second-order valence-corrected chi connectivity index (χ2v) is 6.14. The molecule has 0 saturated heterocycles. The fourth-order valence-corrected chi connectivity index (χ4v) is 2.08. The molecule has 0 aromatic heterocycles. The van der Waals surface area contributed by atoms with Crippen molar-refractivity contribution in [3.8, 4) is 0 Å². The second kappa shape index (κ2) is 7.16. The summed E-state index contributed by atoms with van der Waals surface area (Å²) in [6, 6.07) is 0.617. The number of alkyl halides is 17. The number of hydrogen-bond acceptors (Lipinski definition) is 1. The molecule has 0 fully saturated rings. The summed E-state index contributed by atoms with van der Waals surface area (Å²) in [4.78, 5) is 0. The first-order valence-electron chi connectivity index (χ1n) is 7.32.